The van der Waals surface area contributed by atoms with Gasteiger partial charge in [-0.25, -0.2) is 0 Å². The maximum absolute atomic E-state index is 12.2. The van der Waals surface area contributed by atoms with Crippen LogP contribution in [0, 0.1) is 0 Å². The molecule has 126 valence electrons. The first-order valence-corrected chi connectivity index (χ1v) is 8.68. The van der Waals surface area contributed by atoms with Crippen molar-refractivity contribution in [1.29, 1.82) is 0 Å². The Bertz CT molecular complexity index is 414. The third-order valence-electron chi connectivity index (χ3n) is 3.56. The molecule has 0 aromatic carbocycles. The highest BCUT2D eigenvalue weighted by Gasteiger charge is 2.37. The largest absolute Gasteiger partial charge is 0.402 e. The number of piperidine rings is 1. The quantitative estimate of drug-likeness (QED) is 0.745. The van der Waals surface area contributed by atoms with Crippen LogP contribution >= 0.6 is 0 Å². The molecule has 0 spiro atoms. The van der Waals surface area contributed by atoms with Crippen LogP contribution in [0.15, 0.2) is 0 Å². The molecule has 9 heteroatoms. The average Bonchev–Trinajstić information content (AvgIpc) is 2.42. The summed E-state index contributed by atoms with van der Waals surface area (Å²) in [6.45, 7) is 3.35. The molecule has 1 heterocycles. The molecule has 0 radical (unpaired) electrons. The topological polar surface area (TPSA) is 61.4 Å². The summed E-state index contributed by atoms with van der Waals surface area (Å²) >= 11 is 0. The highest BCUT2D eigenvalue weighted by atomic mass is 32.2. The average molecular weight is 331 g/mol. The second kappa shape index (κ2) is 7.75. The summed E-state index contributed by atoms with van der Waals surface area (Å²) in [5.74, 6) is 0. The van der Waals surface area contributed by atoms with E-state index < -0.39 is 22.9 Å². The minimum atomic E-state index is -4.55. The molecule has 2 atom stereocenters. The van der Waals surface area contributed by atoms with Crippen LogP contribution in [0.2, 0.25) is 0 Å². The molecule has 5 nitrogen and oxygen atoms in total. The van der Waals surface area contributed by atoms with Crippen LogP contribution in [-0.2, 0) is 10.2 Å². The highest BCUT2D eigenvalue weighted by molar-refractivity contribution is 7.87. The van der Waals surface area contributed by atoms with E-state index in [4.69, 9.17) is 0 Å². The van der Waals surface area contributed by atoms with Crippen molar-refractivity contribution >= 4 is 10.2 Å². The van der Waals surface area contributed by atoms with Crippen LogP contribution in [-0.4, -0.2) is 50.6 Å². The Kier molecular flexibility index (Phi) is 6.89. The van der Waals surface area contributed by atoms with Gasteiger partial charge in [-0.1, -0.05) is 13.3 Å². The van der Waals surface area contributed by atoms with Gasteiger partial charge in [-0.05, 0) is 32.7 Å². The first-order valence-electron chi connectivity index (χ1n) is 7.24. The summed E-state index contributed by atoms with van der Waals surface area (Å²) in [6, 6.07) is -0.399. The van der Waals surface area contributed by atoms with E-state index in [1.807, 2.05) is 13.8 Å². The SMILES string of the molecule is CCCNC(C)C1CCCCN1S(=O)(=O)NCC(F)(F)F. The van der Waals surface area contributed by atoms with Gasteiger partial charge in [0.1, 0.15) is 6.54 Å². The van der Waals surface area contributed by atoms with Gasteiger partial charge < -0.3 is 5.32 Å². The van der Waals surface area contributed by atoms with Gasteiger partial charge in [-0.3, -0.25) is 0 Å². The maximum Gasteiger partial charge on any atom is 0.402 e. The third kappa shape index (κ3) is 6.09. The van der Waals surface area contributed by atoms with Crippen LogP contribution in [0.4, 0.5) is 13.2 Å². The molecule has 0 aliphatic carbocycles. The summed E-state index contributed by atoms with van der Waals surface area (Å²) < 4.78 is 63.7. The number of hydrogen-bond acceptors (Lipinski definition) is 3. The lowest BCUT2D eigenvalue weighted by molar-refractivity contribution is -0.121. The van der Waals surface area contributed by atoms with Crippen LogP contribution in [0.25, 0.3) is 0 Å². The van der Waals surface area contributed by atoms with E-state index in [1.54, 1.807) is 4.72 Å². The van der Waals surface area contributed by atoms with Gasteiger partial charge in [0, 0.05) is 18.6 Å². The van der Waals surface area contributed by atoms with Crippen molar-refractivity contribution in [2.45, 2.75) is 57.8 Å². The number of alkyl halides is 3. The molecule has 0 amide bonds. The van der Waals surface area contributed by atoms with E-state index in [2.05, 4.69) is 5.32 Å². The van der Waals surface area contributed by atoms with E-state index in [1.165, 1.54) is 4.31 Å². The van der Waals surface area contributed by atoms with Gasteiger partial charge in [0.2, 0.25) is 0 Å². The van der Waals surface area contributed by atoms with E-state index in [-0.39, 0.29) is 18.6 Å². The first kappa shape index (κ1) is 18.7. The minimum Gasteiger partial charge on any atom is -0.313 e. The molecule has 21 heavy (non-hydrogen) atoms. The van der Waals surface area contributed by atoms with Crippen LogP contribution in [0.3, 0.4) is 0 Å². The van der Waals surface area contributed by atoms with Gasteiger partial charge in [-0.2, -0.15) is 30.6 Å². The van der Waals surface area contributed by atoms with Crippen molar-refractivity contribution in [1.82, 2.24) is 14.3 Å². The van der Waals surface area contributed by atoms with Crippen molar-refractivity contribution in [3.05, 3.63) is 0 Å². The third-order valence-corrected chi connectivity index (χ3v) is 5.14. The molecular weight excluding hydrogens is 307 g/mol. The Hall–Kier alpha value is -0.380. The fourth-order valence-electron chi connectivity index (χ4n) is 2.49. The predicted molar refractivity (Wildman–Crippen MR) is 75.1 cm³/mol. The number of halogens is 3. The van der Waals surface area contributed by atoms with Crippen LogP contribution < -0.4 is 10.0 Å². The Morgan fingerprint density at radius 1 is 1.33 bits per heavy atom. The molecule has 0 aromatic heterocycles. The monoisotopic (exact) mass is 331 g/mol. The van der Waals surface area contributed by atoms with Gasteiger partial charge in [0.25, 0.3) is 10.2 Å². The zero-order valence-corrected chi connectivity index (χ0v) is 13.2. The molecular formula is C12H24F3N3O2S. The molecule has 0 saturated carbocycles. The lowest BCUT2D eigenvalue weighted by atomic mass is 9.99. The number of nitrogens with zero attached hydrogens (tertiary/aromatic N) is 1. The predicted octanol–water partition coefficient (Wildman–Crippen LogP) is 1.63. The van der Waals surface area contributed by atoms with Crippen molar-refractivity contribution < 1.29 is 21.6 Å². The van der Waals surface area contributed by atoms with Gasteiger partial charge in [-0.15, -0.1) is 0 Å². The number of rotatable bonds is 7. The summed E-state index contributed by atoms with van der Waals surface area (Å²) in [5, 5.41) is 3.22. The zero-order valence-electron chi connectivity index (χ0n) is 12.4. The van der Waals surface area contributed by atoms with Gasteiger partial charge in [0.15, 0.2) is 0 Å². The fraction of sp³-hybridized carbons (Fsp3) is 1.00. The molecule has 1 saturated heterocycles. The van der Waals surface area contributed by atoms with Crippen LogP contribution in [0.5, 0.6) is 0 Å². The Labute approximate surface area is 124 Å². The number of nitrogens with one attached hydrogen (secondary N) is 2. The number of hydrogen-bond donors (Lipinski definition) is 2. The standard InChI is InChI=1S/C12H24F3N3O2S/c1-3-7-16-10(2)11-6-4-5-8-18(11)21(19,20)17-9-12(13,14)15/h10-11,16-17H,3-9H2,1-2H3. The van der Waals surface area contributed by atoms with Gasteiger partial charge in [0.05, 0.1) is 0 Å². The van der Waals surface area contributed by atoms with Crippen molar-refractivity contribution in [2.24, 2.45) is 0 Å². The van der Waals surface area contributed by atoms with E-state index in [0.717, 1.165) is 19.4 Å². The lowest BCUT2D eigenvalue weighted by Gasteiger charge is -2.38. The Balaban J connectivity index is 2.75. The van der Waals surface area contributed by atoms with E-state index in [9.17, 15) is 21.6 Å². The Morgan fingerprint density at radius 3 is 2.57 bits per heavy atom. The second-order valence-electron chi connectivity index (χ2n) is 5.36. The normalized spacial score (nSPS) is 23.2. The summed E-state index contributed by atoms with van der Waals surface area (Å²) in [5.41, 5.74) is 0. The molecule has 1 aliphatic rings. The molecule has 2 N–H and O–H groups in total. The molecule has 0 bridgehead atoms. The Morgan fingerprint density at radius 2 is 2.00 bits per heavy atom. The molecule has 1 fully saturated rings. The molecule has 1 aliphatic heterocycles. The zero-order chi connectivity index (χ0) is 16.1. The fourth-order valence-corrected chi connectivity index (χ4v) is 4.02. The van der Waals surface area contributed by atoms with Crippen molar-refractivity contribution in [2.75, 3.05) is 19.6 Å². The van der Waals surface area contributed by atoms with Gasteiger partial charge >= 0.3 is 6.18 Å². The summed E-state index contributed by atoms with van der Waals surface area (Å²) in [4.78, 5) is 0. The second-order valence-corrected chi connectivity index (χ2v) is 7.07. The first-order chi connectivity index (χ1) is 9.67. The smallest absolute Gasteiger partial charge is 0.313 e. The molecule has 2 unspecified atom stereocenters. The minimum absolute atomic E-state index is 0.0901. The van der Waals surface area contributed by atoms with E-state index in [0.29, 0.717) is 12.8 Å². The van der Waals surface area contributed by atoms with Crippen molar-refractivity contribution in [3.8, 4) is 0 Å². The van der Waals surface area contributed by atoms with Crippen molar-refractivity contribution in [3.63, 3.8) is 0 Å². The summed E-state index contributed by atoms with van der Waals surface area (Å²) in [7, 11) is -4.11. The van der Waals surface area contributed by atoms with Crippen LogP contribution in [0.1, 0.15) is 39.5 Å². The van der Waals surface area contributed by atoms with E-state index >= 15 is 0 Å². The molecule has 1 rings (SSSR count). The lowest BCUT2D eigenvalue weighted by Crippen LogP contribution is -2.56. The highest BCUT2D eigenvalue weighted by Crippen LogP contribution is 2.23. The summed E-state index contributed by atoms with van der Waals surface area (Å²) in [6.07, 6.45) is -1.43. The maximum atomic E-state index is 12.2. The molecule has 0 aromatic rings.